The van der Waals surface area contributed by atoms with Crippen LogP contribution in [0, 0.1) is 0 Å². The Morgan fingerprint density at radius 3 is 2.20 bits per heavy atom. The Kier molecular flexibility index (Phi) is 2.21. The van der Waals surface area contributed by atoms with Crippen LogP contribution < -0.4 is 0 Å². The molecule has 0 amide bonds. The van der Waals surface area contributed by atoms with Crippen LogP contribution >= 0.6 is 0 Å². The first-order valence-electron chi connectivity index (χ1n) is 8.47. The zero-order chi connectivity index (χ0) is 16.7. The first-order valence-corrected chi connectivity index (χ1v) is 8.47. The average molecular weight is 324 g/mol. The molecule has 0 radical (unpaired) electrons. The molecule has 120 valence electrons. The number of imidazole rings is 2. The van der Waals surface area contributed by atoms with Gasteiger partial charge >= 0.3 is 0 Å². The summed E-state index contributed by atoms with van der Waals surface area (Å²) >= 11 is 0. The van der Waals surface area contributed by atoms with E-state index >= 15 is 0 Å². The van der Waals surface area contributed by atoms with E-state index in [0.717, 1.165) is 16.8 Å². The molecule has 3 aromatic carbocycles. The van der Waals surface area contributed by atoms with Gasteiger partial charge < -0.3 is 9.13 Å². The van der Waals surface area contributed by atoms with Crippen LogP contribution in [-0.2, 0) is 14.1 Å². The van der Waals surface area contributed by atoms with Gasteiger partial charge in [-0.25, -0.2) is 4.98 Å². The number of fused-ring (bicyclic) bond motifs is 9. The highest BCUT2D eigenvalue weighted by atomic mass is 15.2. The quantitative estimate of drug-likeness (QED) is 0.400. The molecule has 0 spiro atoms. The summed E-state index contributed by atoms with van der Waals surface area (Å²) in [5, 5.41) is 2.54. The average Bonchev–Trinajstić information content (AvgIpc) is 3.26. The van der Waals surface area contributed by atoms with Gasteiger partial charge in [0.25, 0.3) is 0 Å². The van der Waals surface area contributed by atoms with Gasteiger partial charge in [0.15, 0.2) is 0 Å². The number of nitrogens with zero attached hydrogens (tertiary/aromatic N) is 4. The number of benzene rings is 3. The molecule has 6 aromatic rings. The van der Waals surface area contributed by atoms with Crippen molar-refractivity contribution in [3.63, 3.8) is 0 Å². The molecule has 0 saturated carbocycles. The van der Waals surface area contributed by atoms with Gasteiger partial charge in [-0.3, -0.25) is 4.40 Å². The first kappa shape index (κ1) is 13.1. The van der Waals surface area contributed by atoms with Crippen LogP contribution in [0.5, 0.6) is 0 Å². The van der Waals surface area contributed by atoms with Crippen LogP contribution in [0.25, 0.3) is 49.7 Å². The molecule has 4 heteroatoms. The van der Waals surface area contributed by atoms with Crippen molar-refractivity contribution in [2.45, 2.75) is 0 Å². The number of para-hydroxylation sites is 3. The molecular weight excluding hydrogens is 308 g/mol. The lowest BCUT2D eigenvalue weighted by atomic mass is 10.1. The topological polar surface area (TPSA) is 27.2 Å². The number of rotatable bonds is 0. The molecule has 0 bridgehead atoms. The Hall–Kier alpha value is -3.27. The Labute approximate surface area is 143 Å². The van der Waals surface area contributed by atoms with Crippen LogP contribution in [0.4, 0.5) is 0 Å². The van der Waals surface area contributed by atoms with E-state index in [9.17, 15) is 0 Å². The minimum absolute atomic E-state index is 0.981. The third-order valence-corrected chi connectivity index (χ3v) is 5.46. The number of aromatic nitrogens is 4. The molecule has 0 aliphatic carbocycles. The van der Waals surface area contributed by atoms with Crippen molar-refractivity contribution in [1.29, 1.82) is 0 Å². The summed E-state index contributed by atoms with van der Waals surface area (Å²) in [6.07, 6.45) is 0. The van der Waals surface area contributed by atoms with E-state index in [0.29, 0.717) is 0 Å². The molecule has 0 fully saturated rings. The van der Waals surface area contributed by atoms with Gasteiger partial charge in [0, 0.05) is 30.4 Å². The van der Waals surface area contributed by atoms with Gasteiger partial charge in [-0.2, -0.15) is 0 Å². The fraction of sp³-hybridized carbons (Fsp3) is 0.0952. The molecular formula is C21H16N4. The standard InChI is InChI=1S/C21H16N4/c1-23-15-8-4-3-7-13(15)14-11-12-18-19(20(14)23)22-21-24(2)16-9-5-6-10-17(16)25(18)21/h3-12H,1-2H3. The highest BCUT2D eigenvalue weighted by molar-refractivity contribution is 6.17. The summed E-state index contributed by atoms with van der Waals surface area (Å²) in [5.41, 5.74) is 7.06. The van der Waals surface area contributed by atoms with Crippen LogP contribution in [0.15, 0.2) is 60.7 Å². The smallest absolute Gasteiger partial charge is 0.215 e. The molecule has 0 N–H and O–H groups in total. The summed E-state index contributed by atoms with van der Waals surface area (Å²) in [5.74, 6) is 0.981. The monoisotopic (exact) mass is 324 g/mol. The van der Waals surface area contributed by atoms with Gasteiger partial charge in [0.1, 0.15) is 5.52 Å². The number of aryl methyl sites for hydroxylation is 2. The molecule has 3 heterocycles. The fourth-order valence-electron chi connectivity index (χ4n) is 4.30. The van der Waals surface area contributed by atoms with Gasteiger partial charge in [-0.1, -0.05) is 30.3 Å². The molecule has 0 unspecified atom stereocenters. The first-order chi connectivity index (χ1) is 12.3. The summed E-state index contributed by atoms with van der Waals surface area (Å²) < 4.78 is 6.70. The van der Waals surface area contributed by atoms with E-state index < -0.39 is 0 Å². The summed E-state index contributed by atoms with van der Waals surface area (Å²) in [6.45, 7) is 0. The minimum Gasteiger partial charge on any atom is -0.342 e. The molecule has 0 aliphatic heterocycles. The van der Waals surface area contributed by atoms with Crippen molar-refractivity contribution in [3.8, 4) is 0 Å². The van der Waals surface area contributed by atoms with Crippen molar-refractivity contribution in [3.05, 3.63) is 60.7 Å². The molecule has 0 atom stereocenters. The Balaban J connectivity index is 1.93. The zero-order valence-corrected chi connectivity index (χ0v) is 14.1. The second-order valence-corrected chi connectivity index (χ2v) is 6.70. The molecule has 0 aliphatic rings. The largest absolute Gasteiger partial charge is 0.342 e. The third kappa shape index (κ3) is 1.41. The molecule has 3 aromatic heterocycles. The SMILES string of the molecule is Cn1c2ccccc2c2ccc3c(nc4n(C)c5ccccc5n34)c21. The zero-order valence-electron chi connectivity index (χ0n) is 14.1. The predicted octanol–water partition coefficient (Wildman–Crippen LogP) is 4.62. The fourth-order valence-corrected chi connectivity index (χ4v) is 4.30. The third-order valence-electron chi connectivity index (χ3n) is 5.46. The Bertz CT molecular complexity index is 1460. The van der Waals surface area contributed by atoms with Crippen molar-refractivity contribution in [1.82, 2.24) is 18.5 Å². The van der Waals surface area contributed by atoms with E-state index in [4.69, 9.17) is 4.98 Å². The van der Waals surface area contributed by atoms with E-state index in [1.807, 2.05) is 0 Å². The van der Waals surface area contributed by atoms with E-state index in [2.05, 4.69) is 88.3 Å². The lowest BCUT2D eigenvalue weighted by molar-refractivity contribution is 0.973. The summed E-state index contributed by atoms with van der Waals surface area (Å²) in [6, 6.07) is 21.5. The lowest BCUT2D eigenvalue weighted by Crippen LogP contribution is -1.89. The van der Waals surface area contributed by atoms with E-state index in [1.54, 1.807) is 0 Å². The highest BCUT2D eigenvalue weighted by Crippen LogP contribution is 2.34. The second kappa shape index (κ2) is 4.22. The van der Waals surface area contributed by atoms with Crippen LogP contribution in [0.1, 0.15) is 0 Å². The van der Waals surface area contributed by atoms with E-state index in [-0.39, 0.29) is 0 Å². The van der Waals surface area contributed by atoms with Gasteiger partial charge in [-0.15, -0.1) is 0 Å². The van der Waals surface area contributed by atoms with Crippen molar-refractivity contribution in [2.75, 3.05) is 0 Å². The summed E-state index contributed by atoms with van der Waals surface area (Å²) in [4.78, 5) is 5.04. The molecule has 4 nitrogen and oxygen atoms in total. The number of hydrogen-bond donors (Lipinski definition) is 0. The van der Waals surface area contributed by atoms with Crippen molar-refractivity contribution < 1.29 is 0 Å². The second-order valence-electron chi connectivity index (χ2n) is 6.70. The van der Waals surface area contributed by atoms with Crippen molar-refractivity contribution in [2.24, 2.45) is 14.1 Å². The van der Waals surface area contributed by atoms with Crippen molar-refractivity contribution >= 4 is 49.7 Å². The predicted molar refractivity (Wildman–Crippen MR) is 103 cm³/mol. The maximum atomic E-state index is 5.04. The molecule has 0 saturated heterocycles. The number of hydrogen-bond acceptors (Lipinski definition) is 1. The lowest BCUT2D eigenvalue weighted by Gasteiger charge is -2.00. The molecule has 6 rings (SSSR count). The van der Waals surface area contributed by atoms with Gasteiger partial charge in [0.2, 0.25) is 5.78 Å². The normalized spacial score (nSPS) is 12.4. The Morgan fingerprint density at radius 1 is 0.640 bits per heavy atom. The summed E-state index contributed by atoms with van der Waals surface area (Å²) in [7, 11) is 4.22. The van der Waals surface area contributed by atoms with Crippen LogP contribution in [0.3, 0.4) is 0 Å². The van der Waals surface area contributed by atoms with Crippen LogP contribution in [-0.4, -0.2) is 18.5 Å². The van der Waals surface area contributed by atoms with Gasteiger partial charge in [-0.05, 0) is 30.3 Å². The Morgan fingerprint density at radius 2 is 1.36 bits per heavy atom. The highest BCUT2D eigenvalue weighted by Gasteiger charge is 2.18. The molecule has 25 heavy (non-hydrogen) atoms. The maximum Gasteiger partial charge on any atom is 0.215 e. The van der Waals surface area contributed by atoms with Crippen LogP contribution in [0.2, 0.25) is 0 Å². The maximum absolute atomic E-state index is 5.04. The van der Waals surface area contributed by atoms with E-state index in [1.165, 1.54) is 32.8 Å². The van der Waals surface area contributed by atoms with Gasteiger partial charge in [0.05, 0.1) is 22.1 Å². The minimum atomic E-state index is 0.981.